The minimum Gasteiger partial charge on any atom is -0.444 e. The second-order valence-electron chi connectivity index (χ2n) is 11.9. The molecule has 0 bridgehead atoms. The van der Waals surface area contributed by atoms with Crippen LogP contribution in [0, 0.1) is 12.8 Å². The Morgan fingerprint density at radius 2 is 1.78 bits per heavy atom. The van der Waals surface area contributed by atoms with Crippen molar-refractivity contribution in [1.82, 2.24) is 15.5 Å². The Balaban J connectivity index is 2.44. The number of hydrogen-bond acceptors (Lipinski definition) is 4. The molecule has 0 heterocycles. The highest BCUT2D eigenvalue weighted by Gasteiger charge is 2.37. The number of unbranched alkanes of at least 4 members (excludes halogenated alkanes) is 1. The van der Waals surface area contributed by atoms with Crippen molar-refractivity contribution < 1.29 is 19.1 Å². The number of alkyl carbamates (subject to hydrolysis) is 1. The van der Waals surface area contributed by atoms with E-state index in [2.05, 4.69) is 17.6 Å². The maximum absolute atomic E-state index is 14.2. The van der Waals surface area contributed by atoms with Gasteiger partial charge in [0.2, 0.25) is 11.8 Å². The fourth-order valence-electron chi connectivity index (χ4n) is 4.88. The third-order valence-electron chi connectivity index (χ3n) is 6.60. The number of carbonyl (C=O) groups excluding carboxylic acids is 3. The number of amides is 3. The summed E-state index contributed by atoms with van der Waals surface area (Å²) in [4.78, 5) is 42.4. The number of benzene rings is 1. The van der Waals surface area contributed by atoms with Crippen molar-refractivity contribution >= 4 is 17.9 Å². The largest absolute Gasteiger partial charge is 0.444 e. The van der Waals surface area contributed by atoms with Crippen LogP contribution in [-0.4, -0.2) is 47.0 Å². The van der Waals surface area contributed by atoms with Crippen LogP contribution in [0.1, 0.15) is 110 Å². The average molecular weight is 516 g/mol. The molecular formula is C30H49N3O4. The fourth-order valence-corrected chi connectivity index (χ4v) is 4.88. The molecule has 2 rings (SSSR count). The first-order chi connectivity index (χ1) is 17.4. The van der Waals surface area contributed by atoms with E-state index >= 15 is 0 Å². The van der Waals surface area contributed by atoms with E-state index in [4.69, 9.17) is 4.74 Å². The highest BCUT2D eigenvalue weighted by molar-refractivity contribution is 5.92. The van der Waals surface area contributed by atoms with Crippen LogP contribution in [0.4, 0.5) is 4.79 Å². The molecule has 2 unspecified atom stereocenters. The predicted molar refractivity (Wildman–Crippen MR) is 148 cm³/mol. The maximum Gasteiger partial charge on any atom is 0.408 e. The first kappa shape index (κ1) is 30.7. The first-order valence-electron chi connectivity index (χ1n) is 14.1. The van der Waals surface area contributed by atoms with Crippen molar-refractivity contribution in [3.8, 4) is 0 Å². The molecule has 1 aromatic rings. The molecule has 1 aliphatic carbocycles. The summed E-state index contributed by atoms with van der Waals surface area (Å²) in [5.74, 6) is -0.244. The van der Waals surface area contributed by atoms with Gasteiger partial charge in [-0.2, -0.15) is 0 Å². The van der Waals surface area contributed by atoms with Gasteiger partial charge in [-0.05, 0) is 64.9 Å². The van der Waals surface area contributed by atoms with Crippen LogP contribution in [0.15, 0.2) is 24.3 Å². The van der Waals surface area contributed by atoms with Gasteiger partial charge in [0.05, 0.1) is 0 Å². The third kappa shape index (κ3) is 10.4. The number of nitrogens with one attached hydrogen (secondary N) is 2. The molecule has 1 fully saturated rings. The van der Waals surface area contributed by atoms with Gasteiger partial charge >= 0.3 is 6.09 Å². The lowest BCUT2D eigenvalue weighted by Gasteiger charge is -2.36. The van der Waals surface area contributed by atoms with Crippen molar-refractivity contribution in [1.29, 1.82) is 0 Å². The Kier molecular flexibility index (Phi) is 11.9. The Hall–Kier alpha value is -2.57. The molecule has 1 aliphatic rings. The molecule has 0 spiro atoms. The predicted octanol–water partition coefficient (Wildman–Crippen LogP) is 6.05. The van der Waals surface area contributed by atoms with Gasteiger partial charge in [-0.25, -0.2) is 4.79 Å². The first-order valence-corrected chi connectivity index (χ1v) is 14.1. The number of rotatable bonds is 11. The van der Waals surface area contributed by atoms with Crippen LogP contribution in [0.5, 0.6) is 0 Å². The van der Waals surface area contributed by atoms with Crippen LogP contribution >= 0.6 is 0 Å². The Morgan fingerprint density at radius 1 is 1.11 bits per heavy atom. The van der Waals surface area contributed by atoms with Crippen LogP contribution in [0.3, 0.4) is 0 Å². The van der Waals surface area contributed by atoms with Gasteiger partial charge in [0.15, 0.2) is 0 Å². The zero-order valence-corrected chi connectivity index (χ0v) is 24.1. The summed E-state index contributed by atoms with van der Waals surface area (Å²) >= 11 is 0. The van der Waals surface area contributed by atoms with E-state index in [0.717, 1.165) is 49.7 Å². The van der Waals surface area contributed by atoms with Crippen molar-refractivity contribution in [2.75, 3.05) is 6.54 Å². The zero-order valence-electron chi connectivity index (χ0n) is 24.1. The molecule has 0 saturated heterocycles. The second-order valence-corrected chi connectivity index (χ2v) is 11.9. The summed E-state index contributed by atoms with van der Waals surface area (Å²) in [5, 5.41) is 6.07. The van der Waals surface area contributed by atoms with Crippen molar-refractivity contribution in [2.24, 2.45) is 5.92 Å². The van der Waals surface area contributed by atoms with Crippen molar-refractivity contribution in [3.63, 3.8) is 0 Å². The highest BCUT2D eigenvalue weighted by Crippen LogP contribution is 2.27. The molecule has 7 nitrogen and oxygen atoms in total. The summed E-state index contributed by atoms with van der Waals surface area (Å²) in [6, 6.07) is 6.39. The lowest BCUT2D eigenvalue weighted by molar-refractivity contribution is -0.143. The lowest BCUT2D eigenvalue weighted by Crippen LogP contribution is -2.54. The molecule has 2 atom stereocenters. The minimum atomic E-state index is -0.790. The molecule has 2 N–H and O–H groups in total. The van der Waals surface area contributed by atoms with Crippen LogP contribution in [0.25, 0.3) is 0 Å². The molecule has 0 aliphatic heterocycles. The highest BCUT2D eigenvalue weighted by atomic mass is 16.6. The molecule has 3 amide bonds. The topological polar surface area (TPSA) is 87.7 Å². The average Bonchev–Trinajstić information content (AvgIpc) is 2.80. The smallest absolute Gasteiger partial charge is 0.408 e. The number of hydrogen-bond donors (Lipinski definition) is 2. The van der Waals surface area contributed by atoms with Crippen molar-refractivity contribution in [3.05, 3.63) is 35.4 Å². The molecule has 0 radical (unpaired) electrons. The zero-order chi connectivity index (χ0) is 27.6. The van der Waals surface area contributed by atoms with E-state index in [0.29, 0.717) is 13.0 Å². The molecule has 7 heteroatoms. The number of ether oxygens (including phenoxy) is 1. The summed E-state index contributed by atoms with van der Waals surface area (Å²) in [5.41, 5.74) is 1.14. The Labute approximate surface area is 224 Å². The van der Waals surface area contributed by atoms with Gasteiger partial charge in [0.1, 0.15) is 17.7 Å². The number of carbonyl (C=O) groups is 3. The van der Waals surface area contributed by atoms with Gasteiger partial charge in [-0.1, -0.05) is 76.3 Å². The summed E-state index contributed by atoms with van der Waals surface area (Å²) in [7, 11) is 0. The van der Waals surface area contributed by atoms with Gasteiger partial charge in [0, 0.05) is 12.6 Å². The van der Waals surface area contributed by atoms with Crippen molar-refractivity contribution in [2.45, 2.75) is 124 Å². The Morgan fingerprint density at radius 3 is 2.35 bits per heavy atom. The van der Waals surface area contributed by atoms with Gasteiger partial charge in [-0.15, -0.1) is 0 Å². The molecule has 208 valence electrons. The van der Waals surface area contributed by atoms with E-state index in [1.165, 1.54) is 6.42 Å². The minimum absolute atomic E-state index is 0.128. The normalized spacial score (nSPS) is 16.1. The molecule has 1 saturated carbocycles. The quantitative estimate of drug-likeness (QED) is 0.375. The van der Waals surface area contributed by atoms with Crippen LogP contribution < -0.4 is 10.6 Å². The van der Waals surface area contributed by atoms with Gasteiger partial charge in [-0.3, -0.25) is 9.59 Å². The van der Waals surface area contributed by atoms with E-state index in [-0.39, 0.29) is 23.8 Å². The van der Waals surface area contributed by atoms with Gasteiger partial charge < -0.3 is 20.3 Å². The second kappa shape index (κ2) is 14.4. The van der Waals surface area contributed by atoms with Gasteiger partial charge in [0.25, 0.3) is 0 Å². The van der Waals surface area contributed by atoms with Crippen LogP contribution in [0.2, 0.25) is 0 Å². The molecule has 0 aromatic heterocycles. The van der Waals surface area contributed by atoms with E-state index in [1.54, 1.807) is 25.7 Å². The fraction of sp³-hybridized carbons (Fsp3) is 0.700. The number of nitrogens with zero attached hydrogens (tertiary/aromatic N) is 1. The maximum atomic E-state index is 14.2. The third-order valence-corrected chi connectivity index (χ3v) is 6.60. The molecule has 1 aromatic carbocycles. The Bertz CT molecular complexity index is 887. The molecular weight excluding hydrogens is 466 g/mol. The number of aryl methyl sites for hydroxylation is 1. The monoisotopic (exact) mass is 515 g/mol. The summed E-state index contributed by atoms with van der Waals surface area (Å²) in [6.07, 6.45) is 6.79. The van der Waals surface area contributed by atoms with Crippen LogP contribution in [-0.2, 0) is 14.3 Å². The van der Waals surface area contributed by atoms with E-state index < -0.39 is 23.8 Å². The lowest BCUT2D eigenvalue weighted by atomic mass is 9.94. The van der Waals surface area contributed by atoms with E-state index in [1.807, 2.05) is 45.0 Å². The standard InChI is InChI=1S/C30H49N3O4/c1-8-9-18-33(28(35)25(19-21(2)3)32-29(36)37-30(5,6)7)26(23-15-13-14-22(4)20-23)27(34)31-24-16-11-10-12-17-24/h13-15,20-21,24-26H,8-12,16-19H2,1-7H3,(H,31,34)(H,32,36). The summed E-state index contributed by atoms with van der Waals surface area (Å²) < 4.78 is 5.47. The van der Waals surface area contributed by atoms with E-state index in [9.17, 15) is 14.4 Å². The summed E-state index contributed by atoms with van der Waals surface area (Å²) in [6.45, 7) is 13.9. The SMILES string of the molecule is CCCCN(C(=O)C(CC(C)C)NC(=O)OC(C)(C)C)C(C(=O)NC1CCCCC1)c1cccc(C)c1. The molecule has 37 heavy (non-hydrogen) atoms.